The number of rotatable bonds is 5. The Morgan fingerprint density at radius 2 is 2.13 bits per heavy atom. The van der Waals surface area contributed by atoms with Gasteiger partial charge in [-0.15, -0.1) is 11.3 Å². The van der Waals surface area contributed by atoms with Crippen LogP contribution in [0.5, 0.6) is 0 Å². The maximum atomic E-state index is 12.6. The summed E-state index contributed by atoms with van der Waals surface area (Å²) in [6, 6.07) is 2.09. The van der Waals surface area contributed by atoms with E-state index in [1.807, 2.05) is 6.92 Å². The molecule has 1 atom stereocenters. The Hall–Kier alpha value is -1.13. The first kappa shape index (κ1) is 18.2. The second kappa shape index (κ2) is 6.78. The summed E-state index contributed by atoms with van der Waals surface area (Å²) in [4.78, 5) is 12.8. The highest BCUT2D eigenvalue weighted by atomic mass is 32.2. The van der Waals surface area contributed by atoms with Crippen molar-refractivity contribution in [2.75, 3.05) is 13.1 Å². The number of carbonyl (C=O) groups is 1. The first-order valence-electron chi connectivity index (χ1n) is 7.10. The lowest BCUT2D eigenvalue weighted by molar-refractivity contribution is -0.140. The maximum absolute atomic E-state index is 12.6. The Bertz CT molecular complexity index is 670. The fourth-order valence-corrected chi connectivity index (χ4v) is 5.48. The molecule has 0 aliphatic carbocycles. The summed E-state index contributed by atoms with van der Waals surface area (Å²) in [7, 11) is -3.87. The molecule has 0 unspecified atom stereocenters. The molecule has 0 spiro atoms. The molecule has 2 rings (SSSR count). The molecular formula is C13H17F3N2O3S2. The Morgan fingerprint density at radius 1 is 1.43 bits per heavy atom. The van der Waals surface area contributed by atoms with Gasteiger partial charge in [0.2, 0.25) is 5.91 Å². The van der Waals surface area contributed by atoms with E-state index in [1.54, 1.807) is 11.4 Å². The van der Waals surface area contributed by atoms with E-state index in [0.717, 1.165) is 20.5 Å². The molecule has 1 aliphatic rings. The fourth-order valence-electron chi connectivity index (χ4n) is 2.40. The molecule has 0 radical (unpaired) electrons. The predicted molar refractivity (Wildman–Crippen MR) is 79.7 cm³/mol. The van der Waals surface area contributed by atoms with Crippen molar-refractivity contribution in [3.05, 3.63) is 17.0 Å². The van der Waals surface area contributed by atoms with E-state index < -0.39 is 34.7 Å². The minimum absolute atomic E-state index is 0.116. The van der Waals surface area contributed by atoms with Crippen LogP contribution in [0.2, 0.25) is 0 Å². The Balaban J connectivity index is 2.15. The Kier molecular flexibility index (Phi) is 5.37. The fraction of sp³-hybridized carbons (Fsp3) is 0.615. The highest BCUT2D eigenvalue weighted by molar-refractivity contribution is 7.91. The van der Waals surface area contributed by atoms with Crippen molar-refractivity contribution in [3.8, 4) is 0 Å². The average Bonchev–Trinajstić information content (AvgIpc) is 3.12. The molecule has 0 bridgehead atoms. The van der Waals surface area contributed by atoms with Gasteiger partial charge in [-0.3, -0.25) is 4.79 Å². The molecule has 0 aromatic carbocycles. The summed E-state index contributed by atoms with van der Waals surface area (Å²) < 4.78 is 62.9. The van der Waals surface area contributed by atoms with E-state index in [2.05, 4.69) is 0 Å². The average molecular weight is 370 g/mol. The molecule has 1 amide bonds. The molecule has 2 heterocycles. The number of amides is 1. The zero-order valence-electron chi connectivity index (χ0n) is 12.4. The van der Waals surface area contributed by atoms with E-state index in [0.29, 0.717) is 12.8 Å². The molecule has 5 nitrogen and oxygen atoms in total. The third kappa shape index (κ3) is 4.24. The van der Waals surface area contributed by atoms with Crippen LogP contribution in [0.4, 0.5) is 13.2 Å². The summed E-state index contributed by atoms with van der Waals surface area (Å²) >= 11 is 1.12. The standard InChI is InChI=1S/C13H17F3N2O3S2/c1-2-9-5-6-11(22-9)23(20,21)18-7-3-4-10(18)12(19)17-8-13(14,15)16/h5-6,10H,2-4,7-8H2,1H3,(H,17,19)/t10-/m1/s1. The van der Waals surface area contributed by atoms with Crippen LogP contribution in [-0.4, -0.2) is 43.9 Å². The molecule has 10 heteroatoms. The molecule has 1 N–H and O–H groups in total. The molecule has 1 aromatic rings. The number of hydrogen-bond acceptors (Lipinski definition) is 4. The summed E-state index contributed by atoms with van der Waals surface area (Å²) in [5, 5.41) is 1.77. The van der Waals surface area contributed by atoms with Gasteiger partial charge in [-0.05, 0) is 31.4 Å². The van der Waals surface area contributed by atoms with Crippen LogP contribution >= 0.6 is 11.3 Å². The van der Waals surface area contributed by atoms with Crippen LogP contribution in [0.15, 0.2) is 16.3 Å². The van der Waals surface area contributed by atoms with Crippen molar-refractivity contribution < 1.29 is 26.4 Å². The van der Waals surface area contributed by atoms with Gasteiger partial charge in [-0.2, -0.15) is 17.5 Å². The van der Waals surface area contributed by atoms with Gasteiger partial charge < -0.3 is 5.32 Å². The van der Waals surface area contributed by atoms with Gasteiger partial charge in [-0.25, -0.2) is 8.42 Å². The predicted octanol–water partition coefficient (Wildman–Crippen LogP) is 2.14. The zero-order chi connectivity index (χ0) is 17.3. The number of sulfonamides is 1. The minimum atomic E-state index is -4.53. The smallest absolute Gasteiger partial charge is 0.346 e. The van der Waals surface area contributed by atoms with Crippen LogP contribution in [0.3, 0.4) is 0 Å². The normalized spacial score (nSPS) is 19.9. The summed E-state index contributed by atoms with van der Waals surface area (Å²) in [5.74, 6) is -0.907. The lowest BCUT2D eigenvalue weighted by Gasteiger charge is -2.22. The molecule has 1 fully saturated rings. The Labute approximate surface area is 136 Å². The Morgan fingerprint density at radius 3 is 2.70 bits per heavy atom. The number of halogens is 3. The topological polar surface area (TPSA) is 66.5 Å². The van der Waals surface area contributed by atoms with Gasteiger partial charge in [-0.1, -0.05) is 6.92 Å². The van der Waals surface area contributed by atoms with Crippen molar-refractivity contribution in [1.29, 1.82) is 0 Å². The van der Waals surface area contributed by atoms with Gasteiger partial charge in [0.25, 0.3) is 10.0 Å². The number of carbonyl (C=O) groups excluding carboxylic acids is 1. The summed E-state index contributed by atoms with van der Waals surface area (Å²) in [5.41, 5.74) is 0. The number of aryl methyl sites for hydroxylation is 1. The second-order valence-corrected chi connectivity index (χ2v) is 8.47. The van der Waals surface area contributed by atoms with Crippen LogP contribution in [0, 0.1) is 0 Å². The van der Waals surface area contributed by atoms with Crippen LogP contribution in [0.1, 0.15) is 24.6 Å². The van der Waals surface area contributed by atoms with E-state index in [9.17, 15) is 26.4 Å². The third-order valence-electron chi connectivity index (χ3n) is 3.52. The van der Waals surface area contributed by atoms with Crippen molar-refractivity contribution in [2.24, 2.45) is 0 Å². The van der Waals surface area contributed by atoms with Crippen molar-refractivity contribution in [1.82, 2.24) is 9.62 Å². The lowest BCUT2D eigenvalue weighted by atomic mass is 10.2. The van der Waals surface area contributed by atoms with Gasteiger partial charge in [0.1, 0.15) is 16.8 Å². The van der Waals surface area contributed by atoms with E-state index in [-0.39, 0.29) is 17.2 Å². The number of alkyl halides is 3. The number of thiophene rings is 1. The van der Waals surface area contributed by atoms with E-state index in [1.165, 1.54) is 6.07 Å². The summed E-state index contributed by atoms with van der Waals surface area (Å²) in [6.07, 6.45) is -3.18. The first-order chi connectivity index (χ1) is 10.6. The van der Waals surface area contributed by atoms with E-state index >= 15 is 0 Å². The minimum Gasteiger partial charge on any atom is -0.346 e. The molecular weight excluding hydrogens is 353 g/mol. The largest absolute Gasteiger partial charge is 0.405 e. The zero-order valence-corrected chi connectivity index (χ0v) is 14.0. The second-order valence-electron chi connectivity index (χ2n) is 5.18. The van der Waals surface area contributed by atoms with Crippen molar-refractivity contribution in [3.63, 3.8) is 0 Å². The monoisotopic (exact) mass is 370 g/mol. The van der Waals surface area contributed by atoms with Gasteiger partial charge in [0, 0.05) is 11.4 Å². The highest BCUT2D eigenvalue weighted by Gasteiger charge is 2.41. The van der Waals surface area contributed by atoms with Crippen molar-refractivity contribution in [2.45, 2.75) is 42.6 Å². The van der Waals surface area contributed by atoms with Gasteiger partial charge in [0.05, 0.1) is 0 Å². The first-order valence-corrected chi connectivity index (χ1v) is 9.36. The molecule has 1 aliphatic heterocycles. The molecule has 23 heavy (non-hydrogen) atoms. The van der Waals surface area contributed by atoms with Crippen LogP contribution in [0.25, 0.3) is 0 Å². The molecule has 0 saturated carbocycles. The maximum Gasteiger partial charge on any atom is 0.405 e. The number of hydrogen-bond donors (Lipinski definition) is 1. The van der Waals surface area contributed by atoms with Crippen LogP contribution in [-0.2, 0) is 21.2 Å². The number of nitrogens with one attached hydrogen (secondary N) is 1. The summed E-state index contributed by atoms with van der Waals surface area (Å²) in [6.45, 7) is 0.562. The number of nitrogens with zero attached hydrogens (tertiary/aromatic N) is 1. The third-order valence-corrected chi connectivity index (χ3v) is 7.12. The van der Waals surface area contributed by atoms with E-state index in [4.69, 9.17) is 0 Å². The molecule has 130 valence electrons. The SMILES string of the molecule is CCc1ccc(S(=O)(=O)N2CCC[C@@H]2C(=O)NCC(F)(F)F)s1. The quantitative estimate of drug-likeness (QED) is 0.864. The molecule has 1 saturated heterocycles. The van der Waals surface area contributed by atoms with Crippen LogP contribution < -0.4 is 5.32 Å². The van der Waals surface area contributed by atoms with Gasteiger partial charge in [0.15, 0.2) is 0 Å². The molecule has 1 aromatic heterocycles. The highest BCUT2D eigenvalue weighted by Crippen LogP contribution is 2.30. The van der Waals surface area contributed by atoms with Crippen molar-refractivity contribution >= 4 is 27.3 Å². The van der Waals surface area contributed by atoms with Gasteiger partial charge >= 0.3 is 6.18 Å². The lowest BCUT2D eigenvalue weighted by Crippen LogP contribution is -2.47.